The van der Waals surface area contributed by atoms with Gasteiger partial charge in [0.25, 0.3) is 0 Å². The average molecular weight is 389 g/mol. The van der Waals surface area contributed by atoms with E-state index in [9.17, 15) is 0 Å². The summed E-state index contributed by atoms with van der Waals surface area (Å²) in [5, 5.41) is 3.36. The van der Waals surface area contributed by atoms with Gasteiger partial charge >= 0.3 is 0 Å². The predicted molar refractivity (Wildman–Crippen MR) is 120 cm³/mol. The Morgan fingerprint density at radius 2 is 1.62 bits per heavy atom. The normalized spacial score (nSPS) is 14.8. The number of nitrogens with two attached hydrogens (primary N) is 1. The van der Waals surface area contributed by atoms with Crippen LogP contribution in [-0.4, -0.2) is 41.0 Å². The predicted octanol–water partition coefficient (Wildman–Crippen LogP) is 3.74. The third-order valence-corrected chi connectivity index (χ3v) is 5.27. The van der Waals surface area contributed by atoms with Crippen molar-refractivity contribution in [2.45, 2.75) is 20.4 Å². The first-order chi connectivity index (χ1) is 14.1. The van der Waals surface area contributed by atoms with Gasteiger partial charge in [-0.05, 0) is 42.7 Å². The maximum absolute atomic E-state index is 6.45. The van der Waals surface area contributed by atoms with Gasteiger partial charge in [0, 0.05) is 38.4 Å². The summed E-state index contributed by atoms with van der Waals surface area (Å²) in [6.45, 7) is 8.92. The summed E-state index contributed by atoms with van der Waals surface area (Å²) in [7, 11) is 0. The molecule has 0 saturated carbocycles. The van der Waals surface area contributed by atoms with Crippen molar-refractivity contribution in [1.29, 1.82) is 0 Å². The second-order valence-corrected chi connectivity index (χ2v) is 7.71. The highest BCUT2D eigenvalue weighted by molar-refractivity contribution is 5.78. The van der Waals surface area contributed by atoms with Crippen LogP contribution in [0.15, 0.2) is 54.9 Å². The highest BCUT2D eigenvalue weighted by Crippen LogP contribution is 2.29. The van der Waals surface area contributed by atoms with E-state index >= 15 is 0 Å². The van der Waals surface area contributed by atoms with Crippen LogP contribution >= 0.6 is 0 Å². The zero-order valence-corrected chi connectivity index (χ0v) is 17.1. The highest BCUT2D eigenvalue weighted by atomic mass is 15.3. The van der Waals surface area contributed by atoms with E-state index in [1.807, 2.05) is 0 Å². The molecule has 1 aliphatic heterocycles. The molecule has 0 radical (unpaired) electrons. The first kappa shape index (κ1) is 19.2. The number of anilines is 4. The molecule has 0 bridgehead atoms. The zero-order valence-electron chi connectivity index (χ0n) is 17.1. The van der Waals surface area contributed by atoms with E-state index in [1.165, 1.54) is 16.7 Å². The fourth-order valence-electron chi connectivity index (χ4n) is 3.88. The van der Waals surface area contributed by atoms with Gasteiger partial charge in [-0.1, -0.05) is 36.4 Å². The van der Waals surface area contributed by atoms with Gasteiger partial charge in [-0.2, -0.15) is 0 Å². The van der Waals surface area contributed by atoms with Crippen molar-refractivity contribution < 1.29 is 0 Å². The van der Waals surface area contributed by atoms with Crippen molar-refractivity contribution in [3.8, 4) is 0 Å². The topological polar surface area (TPSA) is 70.3 Å². The fraction of sp³-hybridized carbons (Fsp3) is 0.304. The van der Waals surface area contributed by atoms with Gasteiger partial charge in [-0.3, -0.25) is 4.90 Å². The molecule has 29 heavy (non-hydrogen) atoms. The van der Waals surface area contributed by atoms with Gasteiger partial charge in [0.15, 0.2) is 11.6 Å². The first-order valence-corrected chi connectivity index (χ1v) is 10.1. The Morgan fingerprint density at radius 3 is 2.31 bits per heavy atom. The molecule has 0 unspecified atom stereocenters. The zero-order chi connectivity index (χ0) is 20.2. The summed E-state index contributed by atoms with van der Waals surface area (Å²) in [5.74, 6) is 1.47. The number of rotatable bonds is 5. The lowest BCUT2D eigenvalue weighted by Gasteiger charge is -2.36. The van der Waals surface area contributed by atoms with Crippen LogP contribution in [0.4, 0.5) is 23.0 Å². The first-order valence-electron chi connectivity index (χ1n) is 10.1. The lowest BCUT2D eigenvalue weighted by atomic mass is 10.1. The number of piperazine rings is 1. The van der Waals surface area contributed by atoms with Crippen LogP contribution in [-0.2, 0) is 6.54 Å². The molecule has 150 valence electrons. The van der Waals surface area contributed by atoms with E-state index in [1.54, 1.807) is 6.33 Å². The molecule has 2 aromatic carbocycles. The number of benzene rings is 2. The number of hydrogen-bond acceptors (Lipinski definition) is 6. The van der Waals surface area contributed by atoms with Gasteiger partial charge in [-0.15, -0.1) is 0 Å². The summed E-state index contributed by atoms with van der Waals surface area (Å²) in [6, 6.07) is 16.9. The minimum Gasteiger partial charge on any atom is -0.393 e. The molecule has 1 aliphatic rings. The third kappa shape index (κ3) is 4.66. The lowest BCUT2D eigenvalue weighted by molar-refractivity contribution is 0.249. The Morgan fingerprint density at radius 1 is 0.931 bits per heavy atom. The monoisotopic (exact) mass is 388 g/mol. The summed E-state index contributed by atoms with van der Waals surface area (Å²) < 4.78 is 0. The van der Waals surface area contributed by atoms with Crippen molar-refractivity contribution in [1.82, 2.24) is 14.9 Å². The third-order valence-electron chi connectivity index (χ3n) is 5.27. The second kappa shape index (κ2) is 8.49. The standard InChI is InChI=1S/C23H28N6/c1-17-12-18(2)14-20(13-17)27-22-21(24)23(26-16-25-22)29-10-8-28(9-11-29)15-19-6-4-3-5-7-19/h3-7,12-14,16H,8-11,15,24H2,1-2H3,(H,25,26,27). The largest absolute Gasteiger partial charge is 0.393 e. The Bertz CT molecular complexity index is 944. The molecule has 6 heteroatoms. The summed E-state index contributed by atoms with van der Waals surface area (Å²) in [4.78, 5) is 13.6. The Hall–Kier alpha value is -3.12. The molecule has 6 nitrogen and oxygen atoms in total. The molecule has 0 aliphatic carbocycles. The summed E-state index contributed by atoms with van der Waals surface area (Å²) >= 11 is 0. The molecule has 2 heterocycles. The molecule has 3 aromatic rings. The number of nitrogens with one attached hydrogen (secondary N) is 1. The highest BCUT2D eigenvalue weighted by Gasteiger charge is 2.21. The van der Waals surface area contributed by atoms with Crippen molar-refractivity contribution in [3.63, 3.8) is 0 Å². The maximum atomic E-state index is 6.45. The number of nitrogens with zero attached hydrogens (tertiary/aromatic N) is 4. The fourth-order valence-corrected chi connectivity index (χ4v) is 3.88. The van der Waals surface area contributed by atoms with E-state index in [4.69, 9.17) is 5.73 Å². The number of hydrogen-bond donors (Lipinski definition) is 2. The second-order valence-electron chi connectivity index (χ2n) is 7.71. The van der Waals surface area contributed by atoms with E-state index in [2.05, 4.69) is 87.5 Å². The van der Waals surface area contributed by atoms with Crippen molar-refractivity contribution >= 4 is 23.0 Å². The van der Waals surface area contributed by atoms with Crippen LogP contribution in [0.1, 0.15) is 16.7 Å². The van der Waals surface area contributed by atoms with Crippen molar-refractivity contribution in [2.24, 2.45) is 0 Å². The van der Waals surface area contributed by atoms with Crippen molar-refractivity contribution in [3.05, 3.63) is 71.5 Å². The molecule has 1 saturated heterocycles. The molecular formula is C23H28N6. The molecule has 0 amide bonds. The van der Waals surface area contributed by atoms with Crippen LogP contribution in [0, 0.1) is 13.8 Å². The SMILES string of the molecule is Cc1cc(C)cc(Nc2ncnc(N3CCN(Cc4ccccc4)CC3)c2N)c1. The van der Waals surface area contributed by atoms with Gasteiger partial charge in [-0.25, -0.2) is 9.97 Å². The summed E-state index contributed by atoms with van der Waals surface area (Å²) in [5.41, 5.74) is 11.8. The average Bonchev–Trinajstić information content (AvgIpc) is 2.70. The summed E-state index contributed by atoms with van der Waals surface area (Å²) in [6.07, 6.45) is 1.59. The van der Waals surface area contributed by atoms with Gasteiger partial charge < -0.3 is 16.0 Å². The Balaban J connectivity index is 1.44. The molecule has 3 N–H and O–H groups in total. The van der Waals surface area contributed by atoms with E-state index in [0.717, 1.165) is 44.2 Å². The quantitative estimate of drug-likeness (QED) is 0.694. The molecule has 0 atom stereocenters. The van der Waals surface area contributed by atoms with Crippen molar-refractivity contribution in [2.75, 3.05) is 42.1 Å². The Labute approximate surface area is 172 Å². The van der Waals surface area contributed by atoms with Crippen LogP contribution in [0.25, 0.3) is 0 Å². The van der Waals surface area contributed by atoms with Gasteiger partial charge in [0.2, 0.25) is 0 Å². The number of aryl methyl sites for hydroxylation is 2. The van der Waals surface area contributed by atoms with Crippen LogP contribution in [0.2, 0.25) is 0 Å². The van der Waals surface area contributed by atoms with E-state index < -0.39 is 0 Å². The smallest absolute Gasteiger partial charge is 0.159 e. The van der Waals surface area contributed by atoms with Crippen LogP contribution in [0.3, 0.4) is 0 Å². The van der Waals surface area contributed by atoms with Gasteiger partial charge in [0.05, 0.1) is 0 Å². The molecule has 0 spiro atoms. The minimum absolute atomic E-state index is 0.600. The van der Waals surface area contributed by atoms with Gasteiger partial charge in [0.1, 0.15) is 12.0 Å². The van der Waals surface area contributed by atoms with Crippen LogP contribution < -0.4 is 16.0 Å². The molecular weight excluding hydrogens is 360 g/mol. The lowest BCUT2D eigenvalue weighted by Crippen LogP contribution is -2.46. The van der Waals surface area contributed by atoms with Crippen LogP contribution in [0.5, 0.6) is 0 Å². The van der Waals surface area contributed by atoms with E-state index in [-0.39, 0.29) is 0 Å². The number of nitrogen functional groups attached to an aromatic ring is 1. The molecule has 1 aromatic heterocycles. The maximum Gasteiger partial charge on any atom is 0.159 e. The molecule has 1 fully saturated rings. The molecule has 4 rings (SSSR count). The Kier molecular flexibility index (Phi) is 5.62. The number of aromatic nitrogens is 2. The minimum atomic E-state index is 0.600. The van der Waals surface area contributed by atoms with E-state index in [0.29, 0.717) is 11.5 Å².